The van der Waals surface area contributed by atoms with Crippen molar-refractivity contribution in [2.24, 2.45) is 28.2 Å². The van der Waals surface area contributed by atoms with Crippen LogP contribution in [0.1, 0.15) is 121 Å². The molecular weight excluding hydrogens is 1830 g/mol. The van der Waals surface area contributed by atoms with Gasteiger partial charge in [-0.3, -0.25) is 33.6 Å². The third kappa shape index (κ3) is 23.6. The maximum absolute atomic E-state index is 14.5. The number of halogens is 10. The smallest absolute Gasteiger partial charge is 0.335 e. The molecule has 122 heavy (non-hydrogen) atoms. The summed E-state index contributed by atoms with van der Waals surface area (Å²) in [6.07, 6.45) is -0.751. The fourth-order valence-electron chi connectivity index (χ4n) is 12.9. The molecule has 12 rings (SSSR count). The van der Waals surface area contributed by atoms with Crippen LogP contribution in [-0.4, -0.2) is 147 Å². The average molecular weight is 1920 g/mol. The van der Waals surface area contributed by atoms with Crippen molar-refractivity contribution < 1.29 is 97.5 Å². The number of amides is 4. The summed E-state index contributed by atoms with van der Waals surface area (Å²) in [5.41, 5.74) is 7.05. The topological polar surface area (TPSA) is 385 Å². The molecule has 12 aromatic rings. The molecule has 0 saturated carbocycles. The normalized spacial score (nSPS) is 11.7. The number of ether oxygens (including phenoxy) is 2. The molecule has 4 amide bonds. The van der Waals surface area contributed by atoms with Crippen LogP contribution in [0.2, 0.25) is 40.2 Å². The quantitative estimate of drug-likeness (QED) is 0.0253. The summed E-state index contributed by atoms with van der Waals surface area (Å²) >= 11 is 49.6. The predicted molar refractivity (Wildman–Crippen MR) is 487 cm³/mol. The van der Waals surface area contributed by atoms with Crippen LogP contribution >= 0.6 is 147 Å². The molecule has 0 radical (unpaired) electrons. The zero-order valence-corrected chi connectivity index (χ0v) is 75.3. The number of aromatic nitrogens is 4. The van der Waals surface area contributed by atoms with Crippen molar-refractivity contribution in [1.29, 1.82) is 0 Å². The number of aliphatic hydroxyl groups is 4. The monoisotopic (exact) mass is 1910 g/mol. The average Bonchev–Trinajstić information content (AvgIpc) is 1.49. The Morgan fingerprint density at radius 1 is 0.369 bits per heavy atom. The maximum Gasteiger partial charge on any atom is 0.335 e. The molecule has 0 aliphatic heterocycles. The van der Waals surface area contributed by atoms with E-state index in [0.717, 1.165) is 28.7 Å². The Morgan fingerprint density at radius 2 is 0.697 bits per heavy atom. The molecule has 0 spiro atoms. The van der Waals surface area contributed by atoms with Crippen LogP contribution in [0.5, 0.6) is 11.5 Å². The van der Waals surface area contributed by atoms with Gasteiger partial charge in [0.05, 0.1) is 131 Å². The SMILES string of the molecule is COc1cc2c(cc(C(=O)N[C@H](CO)c3ccc(CC(=O)O)cc3F)n2C)c(Cl)c1C.COc1cc2c(cc(C(=O)N[C@H](CO)c3ccc(CC(=O)O)cc3F)n2C)c(Cl)c1Cl.Cn1c(C(=O)N[C@H](CO)c2ccc(C(=O)O)cc2Cl)cc2c(Cl)c(Cl)ccc21.Cn1c(C(=O)N[C@H](CO)c2ccc(CC(=O)O)cc2)cc2c(Cl)c(Cl)ccc21.S.S.S.S. The lowest BCUT2D eigenvalue weighted by Gasteiger charge is -2.18. The molecule has 0 unspecified atom stereocenters. The van der Waals surface area contributed by atoms with Gasteiger partial charge in [0.25, 0.3) is 23.6 Å². The first kappa shape index (κ1) is 103. The number of hydrogen-bond donors (Lipinski definition) is 12. The summed E-state index contributed by atoms with van der Waals surface area (Å²) in [5.74, 6) is -6.65. The Hall–Kier alpha value is -9.30. The van der Waals surface area contributed by atoms with E-state index in [4.69, 9.17) is 123 Å². The molecule has 26 nitrogen and oxygen atoms in total. The van der Waals surface area contributed by atoms with Gasteiger partial charge in [-0.1, -0.05) is 147 Å². The van der Waals surface area contributed by atoms with Crippen LogP contribution in [0, 0.1) is 18.6 Å². The van der Waals surface area contributed by atoms with E-state index in [2.05, 4.69) is 21.3 Å². The number of hydrogen-bond acceptors (Lipinski definition) is 14. The highest BCUT2D eigenvalue weighted by atomic mass is 35.5. The molecule has 0 bridgehead atoms. The lowest BCUT2D eigenvalue weighted by atomic mass is 10.0. The second-order valence-electron chi connectivity index (χ2n) is 26.6. The van der Waals surface area contributed by atoms with Gasteiger partial charge in [-0.05, 0) is 108 Å². The zero-order chi connectivity index (χ0) is 86.7. The van der Waals surface area contributed by atoms with E-state index in [-0.39, 0.29) is 140 Å². The molecule has 0 saturated heterocycles. The number of aromatic carboxylic acids is 1. The van der Waals surface area contributed by atoms with Gasteiger partial charge in [-0.25, -0.2) is 13.6 Å². The number of aryl methyl sites for hydroxylation is 4. The molecule has 4 aromatic heterocycles. The molecule has 8 aromatic carbocycles. The van der Waals surface area contributed by atoms with E-state index in [0.29, 0.717) is 97.3 Å². The summed E-state index contributed by atoms with van der Waals surface area (Å²) in [6, 6.07) is 31.8. The van der Waals surface area contributed by atoms with Crippen molar-refractivity contribution in [3.05, 3.63) is 264 Å². The number of rotatable bonds is 25. The number of carboxylic acids is 4. The number of carbonyl (C=O) groups excluding carboxylic acids is 4. The molecule has 40 heteroatoms. The molecule has 4 atom stereocenters. The first-order valence-electron chi connectivity index (χ1n) is 35.1. The highest BCUT2D eigenvalue weighted by molar-refractivity contribution is 7.59. The van der Waals surface area contributed by atoms with Gasteiger partial charge in [-0.2, -0.15) is 54.0 Å². The number of carboxylic acid groups (broad SMARTS) is 4. The zero-order valence-electron chi connectivity index (χ0n) is 65.3. The van der Waals surface area contributed by atoms with Crippen molar-refractivity contribution >= 4 is 238 Å². The lowest BCUT2D eigenvalue weighted by Crippen LogP contribution is -2.32. The second kappa shape index (κ2) is 45.4. The maximum atomic E-state index is 14.5. The number of aliphatic hydroxyl groups excluding tert-OH is 4. The van der Waals surface area contributed by atoms with E-state index in [1.54, 1.807) is 131 Å². The number of fused-ring (bicyclic) bond motifs is 4. The third-order valence-electron chi connectivity index (χ3n) is 19.2. The van der Waals surface area contributed by atoms with Gasteiger partial charge in [0.2, 0.25) is 0 Å². The summed E-state index contributed by atoms with van der Waals surface area (Å²) in [5, 5.41) is 90.2. The minimum atomic E-state index is -1.12. The van der Waals surface area contributed by atoms with E-state index in [9.17, 15) is 67.6 Å². The van der Waals surface area contributed by atoms with Crippen LogP contribution in [0.3, 0.4) is 0 Å². The van der Waals surface area contributed by atoms with E-state index < -0.39 is 97.2 Å². The van der Waals surface area contributed by atoms with Crippen molar-refractivity contribution in [3.8, 4) is 11.5 Å². The molecule has 12 N–H and O–H groups in total. The first-order chi connectivity index (χ1) is 55.9. The minimum absolute atomic E-state index is 0. The molecular formula is C82H82Cl8F2N8O18S4. The summed E-state index contributed by atoms with van der Waals surface area (Å²) in [6.45, 7) is -0.0231. The molecule has 652 valence electrons. The third-order valence-corrected chi connectivity index (χ3v) is 22.5. The Bertz CT molecular complexity index is 5760. The van der Waals surface area contributed by atoms with Gasteiger partial charge >= 0.3 is 23.9 Å². The Kier molecular flexibility index (Phi) is 38.4. The molecule has 4 heterocycles. The van der Waals surface area contributed by atoms with E-state index in [1.807, 2.05) is 6.92 Å². The Morgan fingerprint density at radius 3 is 1.05 bits per heavy atom. The summed E-state index contributed by atoms with van der Waals surface area (Å²) < 4.78 is 46.2. The van der Waals surface area contributed by atoms with Crippen molar-refractivity contribution in [3.63, 3.8) is 0 Å². The Balaban J connectivity index is 0.000000286. The lowest BCUT2D eigenvalue weighted by molar-refractivity contribution is -0.137. The van der Waals surface area contributed by atoms with Gasteiger partial charge in [0.1, 0.15) is 50.9 Å². The number of aliphatic carboxylic acids is 3. The van der Waals surface area contributed by atoms with Crippen LogP contribution < -0.4 is 30.7 Å². The van der Waals surface area contributed by atoms with Gasteiger partial charge < -0.3 is 89.9 Å². The van der Waals surface area contributed by atoms with Crippen molar-refractivity contribution in [2.75, 3.05) is 40.6 Å². The van der Waals surface area contributed by atoms with E-state index in [1.165, 1.54) is 56.7 Å². The Labute approximate surface area is 763 Å². The van der Waals surface area contributed by atoms with Crippen molar-refractivity contribution in [1.82, 2.24) is 39.5 Å². The molecule has 0 aliphatic rings. The van der Waals surface area contributed by atoms with Gasteiger partial charge in [0.15, 0.2) is 0 Å². The fourth-order valence-corrected chi connectivity index (χ4v) is 14.7. The molecule has 0 fully saturated rings. The van der Waals surface area contributed by atoms with Crippen LogP contribution in [0.15, 0.2) is 140 Å². The van der Waals surface area contributed by atoms with Crippen molar-refractivity contribution in [2.45, 2.75) is 50.4 Å². The summed E-state index contributed by atoms with van der Waals surface area (Å²) in [7, 11) is 9.78. The van der Waals surface area contributed by atoms with Crippen LogP contribution in [0.4, 0.5) is 8.78 Å². The summed E-state index contributed by atoms with van der Waals surface area (Å²) in [4.78, 5) is 94.9. The fraction of sp³-hybridized carbons (Fsp3) is 0.220. The minimum Gasteiger partial charge on any atom is -0.496 e. The highest BCUT2D eigenvalue weighted by Crippen LogP contribution is 2.41. The van der Waals surface area contributed by atoms with Crippen LogP contribution in [-0.2, 0) is 61.8 Å². The number of nitrogens with one attached hydrogen (secondary N) is 4. The standard InChI is InChI=1S/C22H22ClFN2O5.C21H19Cl2FN2O5.C20H18Cl2N2O4.C19H15Cl3N2O4.4H2S/c1-11-19(31-3)9-17-14(21(11)23)8-18(26(17)2)22(30)25-16(10-27)13-5-4-12(6-15(13)24)7-20(28)29;1-26-15-8-17(31-2)20(23)19(22)12(15)7-16(26)21(30)25-14(9-27)11-4-3-10(5-13(11)24)6-18(28)29;1-24-16-7-6-14(21)19(22)13(16)9-17(24)20(28)23-15(10-25)12-4-2-11(3-5-12)8-18(26)27;1-24-15-5-4-12(20)17(22)11(15)7-16(24)18(26)23-14(8-25)10-3-2-9(19(27)28)6-13(10)21;;;;/h4-6,8-9,16,27H,7,10H2,1-3H3,(H,25,30)(H,28,29);3-5,7-8,14,27H,6,9H2,1-2H3,(H,25,30)(H,28,29);2-7,9,15,25H,8,10H2,1H3,(H,23,28)(H,26,27);2-7,14,25H,8H2,1H3,(H,23,26)(H,27,28);4*1H2/t16-;14-;15-;14-;;;;/m1111..../s1. The van der Waals surface area contributed by atoms with Gasteiger partial charge in [0, 0.05) is 94.6 Å². The predicted octanol–water partition coefficient (Wildman–Crippen LogP) is 15.4. The number of methoxy groups -OCH3 is 2. The number of nitrogens with zero attached hydrogens (tertiary/aromatic N) is 4. The highest BCUT2D eigenvalue weighted by Gasteiger charge is 2.29. The first-order valence-corrected chi connectivity index (χ1v) is 38.1. The second-order valence-corrected chi connectivity index (χ2v) is 29.7. The molecule has 0 aliphatic carbocycles. The van der Waals surface area contributed by atoms with Crippen LogP contribution in [0.25, 0.3) is 43.6 Å². The van der Waals surface area contributed by atoms with E-state index >= 15 is 0 Å². The van der Waals surface area contributed by atoms with Gasteiger partial charge in [-0.15, -0.1) is 0 Å². The largest absolute Gasteiger partial charge is 0.496 e. The number of benzene rings is 8. The number of carbonyl (C=O) groups is 8.